The minimum absolute atomic E-state index is 0.0215. The molecule has 7 nitrogen and oxygen atoms in total. The standard InChI is InChI=1S/C9H11N3O4S2/c1-17(15)6-3-5(13)4-7(18(2)16)8(6)11-12-9(10)14/h3-4,13H,1-2H3,(H2,10,14)/t17-,18+. The molecule has 3 N–H and O–H groups in total. The highest BCUT2D eigenvalue weighted by Crippen LogP contribution is 2.33. The summed E-state index contributed by atoms with van der Waals surface area (Å²) in [5, 5.41) is 16.1. The molecule has 1 aromatic carbocycles. The number of primary amides is 1. The monoisotopic (exact) mass is 289 g/mol. The van der Waals surface area contributed by atoms with Gasteiger partial charge < -0.3 is 10.8 Å². The summed E-state index contributed by atoms with van der Waals surface area (Å²) in [5.41, 5.74) is 4.84. The first-order valence-corrected chi connectivity index (χ1v) is 7.69. The van der Waals surface area contributed by atoms with Crippen molar-refractivity contribution in [2.75, 3.05) is 12.5 Å². The first kappa shape index (κ1) is 14.5. The lowest BCUT2D eigenvalue weighted by molar-refractivity contribution is 0.255. The van der Waals surface area contributed by atoms with Gasteiger partial charge in [0.05, 0.1) is 31.4 Å². The lowest BCUT2D eigenvalue weighted by Crippen LogP contribution is -2.02. The van der Waals surface area contributed by atoms with Crippen molar-refractivity contribution in [1.82, 2.24) is 0 Å². The quantitative estimate of drug-likeness (QED) is 0.807. The summed E-state index contributed by atoms with van der Waals surface area (Å²) < 4.78 is 23.0. The molecule has 0 spiro atoms. The van der Waals surface area contributed by atoms with Gasteiger partial charge in [-0.1, -0.05) is 5.11 Å². The van der Waals surface area contributed by atoms with Gasteiger partial charge >= 0.3 is 6.03 Å². The number of carbonyl (C=O) groups excluding carboxylic acids is 1. The van der Waals surface area contributed by atoms with Crippen LogP contribution < -0.4 is 5.73 Å². The molecular weight excluding hydrogens is 278 g/mol. The third-order valence-electron chi connectivity index (χ3n) is 1.89. The summed E-state index contributed by atoms with van der Waals surface area (Å²) >= 11 is 0. The predicted octanol–water partition coefficient (Wildman–Crippen LogP) is 1.03. The molecule has 0 radical (unpaired) electrons. The number of amides is 2. The Hall–Kier alpha value is -1.61. The average molecular weight is 289 g/mol. The van der Waals surface area contributed by atoms with Crippen LogP contribution in [0.3, 0.4) is 0 Å². The van der Waals surface area contributed by atoms with Gasteiger partial charge in [0.2, 0.25) is 0 Å². The zero-order valence-electron chi connectivity index (χ0n) is 9.61. The first-order valence-electron chi connectivity index (χ1n) is 4.58. The second kappa shape index (κ2) is 5.83. The molecule has 0 aromatic heterocycles. The molecule has 0 aliphatic heterocycles. The molecule has 0 saturated carbocycles. The molecule has 2 atom stereocenters. The topological polar surface area (TPSA) is 122 Å². The fourth-order valence-corrected chi connectivity index (χ4v) is 2.69. The van der Waals surface area contributed by atoms with Gasteiger partial charge in [-0.05, 0) is 12.1 Å². The van der Waals surface area contributed by atoms with E-state index >= 15 is 0 Å². The van der Waals surface area contributed by atoms with Crippen molar-refractivity contribution in [2.24, 2.45) is 16.0 Å². The molecule has 2 amide bonds. The van der Waals surface area contributed by atoms with Crippen molar-refractivity contribution >= 4 is 33.3 Å². The number of nitrogens with zero attached hydrogens (tertiary/aromatic N) is 2. The minimum Gasteiger partial charge on any atom is -0.508 e. The van der Waals surface area contributed by atoms with Crippen LogP contribution in [0.5, 0.6) is 5.75 Å². The van der Waals surface area contributed by atoms with Crippen molar-refractivity contribution < 1.29 is 18.3 Å². The number of nitrogens with two attached hydrogens (primary N) is 1. The smallest absolute Gasteiger partial charge is 0.356 e. The number of benzene rings is 1. The molecule has 0 aliphatic rings. The SMILES string of the molecule is C[S@](=O)c1cc(O)cc([S@@](C)=O)c1N=NC(N)=O. The number of rotatable bonds is 3. The third kappa shape index (κ3) is 3.44. The molecule has 1 aromatic rings. The number of phenols is 1. The lowest BCUT2D eigenvalue weighted by atomic mass is 10.3. The van der Waals surface area contributed by atoms with Gasteiger partial charge in [-0.2, -0.15) is 0 Å². The van der Waals surface area contributed by atoms with Crippen molar-refractivity contribution in [3.63, 3.8) is 0 Å². The van der Waals surface area contributed by atoms with Crippen LogP contribution in [0.1, 0.15) is 0 Å². The van der Waals surface area contributed by atoms with Crippen LogP contribution in [0, 0.1) is 0 Å². The molecule has 0 aliphatic carbocycles. The number of hydrogen-bond acceptors (Lipinski definition) is 5. The molecule has 9 heteroatoms. The second-order valence-corrected chi connectivity index (χ2v) is 5.93. The van der Waals surface area contributed by atoms with Crippen LogP contribution >= 0.6 is 0 Å². The maximum atomic E-state index is 11.5. The summed E-state index contributed by atoms with van der Waals surface area (Å²) in [4.78, 5) is 10.8. The molecular formula is C9H11N3O4S2. The fraction of sp³-hybridized carbons (Fsp3) is 0.222. The van der Waals surface area contributed by atoms with Gasteiger partial charge in [-0.15, -0.1) is 5.11 Å². The normalized spacial score (nSPS) is 14.6. The Labute approximate surface area is 108 Å². The van der Waals surface area contributed by atoms with E-state index in [0.717, 1.165) is 0 Å². The Morgan fingerprint density at radius 2 is 1.67 bits per heavy atom. The Morgan fingerprint density at radius 3 is 2.00 bits per heavy atom. The van der Waals surface area contributed by atoms with E-state index in [0.29, 0.717) is 0 Å². The molecule has 1 rings (SSSR count). The zero-order chi connectivity index (χ0) is 13.9. The van der Waals surface area contributed by atoms with Crippen molar-refractivity contribution in [3.8, 4) is 5.75 Å². The van der Waals surface area contributed by atoms with Crippen molar-refractivity contribution in [3.05, 3.63) is 12.1 Å². The number of hydrogen-bond donors (Lipinski definition) is 2. The van der Waals surface area contributed by atoms with E-state index in [9.17, 15) is 18.3 Å². The Kier molecular flexibility index (Phi) is 4.68. The summed E-state index contributed by atoms with van der Waals surface area (Å²) in [6.45, 7) is 0. The summed E-state index contributed by atoms with van der Waals surface area (Å²) in [5.74, 6) is -0.191. The number of phenolic OH excluding ortho intramolecular Hbond substituents is 1. The van der Waals surface area contributed by atoms with Gasteiger partial charge in [-0.3, -0.25) is 8.42 Å². The van der Waals surface area contributed by atoms with E-state index in [-0.39, 0.29) is 21.2 Å². The molecule has 0 fully saturated rings. The summed E-state index contributed by atoms with van der Waals surface area (Å²) in [6, 6.07) is 1.40. The number of carbonyl (C=O) groups is 1. The third-order valence-corrected chi connectivity index (χ3v) is 3.75. The van der Waals surface area contributed by atoms with E-state index in [1.807, 2.05) is 0 Å². The molecule has 0 bridgehead atoms. The van der Waals surface area contributed by atoms with Crippen molar-refractivity contribution in [1.29, 1.82) is 0 Å². The van der Waals surface area contributed by atoms with E-state index in [1.54, 1.807) is 0 Å². The molecule has 0 unspecified atom stereocenters. The Bertz CT molecular complexity index is 536. The Morgan fingerprint density at radius 1 is 1.22 bits per heavy atom. The van der Waals surface area contributed by atoms with Crippen LogP contribution in [0.4, 0.5) is 10.5 Å². The largest absolute Gasteiger partial charge is 0.508 e. The van der Waals surface area contributed by atoms with Gasteiger partial charge in [0.15, 0.2) is 0 Å². The highest BCUT2D eigenvalue weighted by atomic mass is 32.2. The molecule has 18 heavy (non-hydrogen) atoms. The van der Waals surface area contributed by atoms with Gasteiger partial charge in [-0.25, -0.2) is 4.79 Å². The molecule has 98 valence electrons. The average Bonchev–Trinajstić information content (AvgIpc) is 2.25. The van der Waals surface area contributed by atoms with E-state index in [1.165, 1.54) is 24.6 Å². The second-order valence-electron chi connectivity index (χ2n) is 3.24. The van der Waals surface area contributed by atoms with Crippen molar-refractivity contribution in [2.45, 2.75) is 9.79 Å². The maximum absolute atomic E-state index is 11.5. The lowest BCUT2D eigenvalue weighted by Gasteiger charge is -2.07. The molecule has 0 saturated heterocycles. The van der Waals surface area contributed by atoms with Crippen LogP contribution in [-0.2, 0) is 21.6 Å². The van der Waals surface area contributed by atoms with Gasteiger partial charge in [0.25, 0.3) is 0 Å². The summed E-state index contributed by atoms with van der Waals surface area (Å²) in [7, 11) is -2.99. The number of azo groups is 1. The molecule has 0 heterocycles. The van der Waals surface area contributed by atoms with Gasteiger partial charge in [0.1, 0.15) is 11.4 Å². The maximum Gasteiger partial charge on any atom is 0.356 e. The highest BCUT2D eigenvalue weighted by molar-refractivity contribution is 7.85. The zero-order valence-corrected chi connectivity index (χ0v) is 11.2. The van der Waals surface area contributed by atoms with Crippen LogP contribution in [0.25, 0.3) is 0 Å². The van der Waals surface area contributed by atoms with Crippen LogP contribution in [0.15, 0.2) is 32.2 Å². The first-order chi connectivity index (χ1) is 8.32. The van der Waals surface area contributed by atoms with E-state index in [4.69, 9.17) is 5.73 Å². The number of aromatic hydroxyl groups is 1. The van der Waals surface area contributed by atoms with Crippen LogP contribution in [0.2, 0.25) is 0 Å². The van der Waals surface area contributed by atoms with E-state index < -0.39 is 27.6 Å². The summed E-state index contributed by atoms with van der Waals surface area (Å²) in [6.07, 6.45) is 2.72. The number of urea groups is 1. The predicted molar refractivity (Wildman–Crippen MR) is 66.9 cm³/mol. The fourth-order valence-electron chi connectivity index (χ4n) is 1.20. The van der Waals surface area contributed by atoms with Crippen LogP contribution in [-0.4, -0.2) is 32.1 Å². The van der Waals surface area contributed by atoms with E-state index in [2.05, 4.69) is 10.2 Å². The minimum atomic E-state index is -1.49. The Balaban J connectivity index is 3.55. The van der Waals surface area contributed by atoms with Gasteiger partial charge in [0, 0.05) is 12.5 Å². The highest BCUT2D eigenvalue weighted by Gasteiger charge is 2.16.